The van der Waals surface area contributed by atoms with E-state index in [0.717, 1.165) is 12.0 Å². The quantitative estimate of drug-likeness (QED) is 0.803. The molecule has 0 aromatic carbocycles. The Morgan fingerprint density at radius 3 is 2.43 bits per heavy atom. The number of piperazine rings is 1. The third-order valence-corrected chi connectivity index (χ3v) is 3.98. The van der Waals surface area contributed by atoms with E-state index in [0.29, 0.717) is 19.6 Å². The van der Waals surface area contributed by atoms with Gasteiger partial charge >= 0.3 is 11.8 Å². The molecule has 0 aliphatic carbocycles. The molecular weight excluding hydrogens is 268 g/mol. The van der Waals surface area contributed by atoms with E-state index in [-0.39, 0.29) is 12.1 Å². The third kappa shape index (κ3) is 3.05. The highest BCUT2D eigenvalue weighted by Crippen LogP contribution is 2.26. The van der Waals surface area contributed by atoms with E-state index in [1.54, 1.807) is 22.2 Å². The Balaban J connectivity index is 2.30. The zero-order valence-corrected chi connectivity index (χ0v) is 12.5. The van der Waals surface area contributed by atoms with Crippen molar-refractivity contribution in [1.82, 2.24) is 14.8 Å². The van der Waals surface area contributed by atoms with E-state index in [1.165, 1.54) is 0 Å². The second-order valence-electron chi connectivity index (χ2n) is 5.18. The van der Waals surface area contributed by atoms with E-state index in [9.17, 15) is 9.59 Å². The zero-order chi connectivity index (χ0) is 15.4. The summed E-state index contributed by atoms with van der Waals surface area (Å²) in [6, 6.07) is 3.21. The van der Waals surface area contributed by atoms with Crippen molar-refractivity contribution in [3.05, 3.63) is 30.1 Å². The lowest BCUT2D eigenvalue weighted by Crippen LogP contribution is -2.57. The summed E-state index contributed by atoms with van der Waals surface area (Å²) in [5.41, 5.74) is 7.14. The molecule has 1 fully saturated rings. The van der Waals surface area contributed by atoms with Crippen LogP contribution in [0, 0.1) is 0 Å². The van der Waals surface area contributed by atoms with Gasteiger partial charge in [0.25, 0.3) is 0 Å². The fourth-order valence-corrected chi connectivity index (χ4v) is 2.70. The predicted molar refractivity (Wildman–Crippen MR) is 79.2 cm³/mol. The number of carbonyl (C=O) groups is 2. The Labute approximate surface area is 124 Å². The lowest BCUT2D eigenvalue weighted by atomic mass is 9.96. The molecule has 1 saturated heterocycles. The highest BCUT2D eigenvalue weighted by molar-refractivity contribution is 6.35. The van der Waals surface area contributed by atoms with Crippen molar-refractivity contribution in [1.29, 1.82) is 0 Å². The summed E-state index contributed by atoms with van der Waals surface area (Å²) in [5.74, 6) is -0.903. The first kappa shape index (κ1) is 15.4. The van der Waals surface area contributed by atoms with Crippen molar-refractivity contribution in [3.8, 4) is 0 Å². The zero-order valence-electron chi connectivity index (χ0n) is 12.5. The van der Waals surface area contributed by atoms with E-state index in [4.69, 9.17) is 5.73 Å². The number of hydrogen-bond donors (Lipinski definition) is 1. The van der Waals surface area contributed by atoms with Crippen molar-refractivity contribution in [2.75, 3.05) is 19.6 Å². The van der Waals surface area contributed by atoms with Gasteiger partial charge in [0.05, 0.1) is 6.04 Å². The van der Waals surface area contributed by atoms with Crippen molar-refractivity contribution in [2.24, 2.45) is 5.73 Å². The topological polar surface area (TPSA) is 79.5 Å². The van der Waals surface area contributed by atoms with Gasteiger partial charge < -0.3 is 15.5 Å². The van der Waals surface area contributed by atoms with Crippen LogP contribution in [0.4, 0.5) is 0 Å². The summed E-state index contributed by atoms with van der Waals surface area (Å²) in [4.78, 5) is 31.7. The number of pyridine rings is 1. The molecule has 2 atom stereocenters. The lowest BCUT2D eigenvalue weighted by molar-refractivity contribution is -0.158. The minimum Gasteiger partial charge on any atom is -0.333 e. The summed E-state index contributed by atoms with van der Waals surface area (Å²) >= 11 is 0. The summed E-state index contributed by atoms with van der Waals surface area (Å²) in [6.45, 7) is 5.47. The number of nitrogens with zero attached hydrogens (tertiary/aromatic N) is 3. The average molecular weight is 290 g/mol. The van der Waals surface area contributed by atoms with Crippen molar-refractivity contribution in [2.45, 2.75) is 32.4 Å². The summed E-state index contributed by atoms with van der Waals surface area (Å²) in [7, 11) is 0. The molecule has 1 aliphatic rings. The SMILES string of the molecule is CCC(N)C(c1ccncc1)N1CCN(CC)C(=O)C1=O. The van der Waals surface area contributed by atoms with Crippen LogP contribution >= 0.6 is 0 Å². The second-order valence-corrected chi connectivity index (χ2v) is 5.18. The summed E-state index contributed by atoms with van der Waals surface area (Å²) in [5, 5.41) is 0. The van der Waals surface area contributed by atoms with Gasteiger partial charge in [0, 0.05) is 38.1 Å². The Morgan fingerprint density at radius 1 is 1.19 bits per heavy atom. The fraction of sp³-hybridized carbons (Fsp3) is 0.533. The molecule has 2 amide bonds. The van der Waals surface area contributed by atoms with Crippen LogP contribution in [-0.2, 0) is 9.59 Å². The molecule has 1 aliphatic heterocycles. The molecule has 2 unspecified atom stereocenters. The van der Waals surface area contributed by atoms with Gasteiger partial charge in [0.2, 0.25) is 0 Å². The minimum absolute atomic E-state index is 0.211. The number of hydrogen-bond acceptors (Lipinski definition) is 4. The number of nitrogens with two attached hydrogens (primary N) is 1. The normalized spacial score (nSPS) is 18.8. The molecule has 1 aromatic rings. The highest BCUT2D eigenvalue weighted by Gasteiger charge is 2.38. The molecular formula is C15H22N4O2. The molecule has 1 aromatic heterocycles. The van der Waals surface area contributed by atoms with Gasteiger partial charge in [-0.05, 0) is 31.0 Å². The smallest absolute Gasteiger partial charge is 0.312 e. The fourth-order valence-electron chi connectivity index (χ4n) is 2.70. The van der Waals surface area contributed by atoms with Gasteiger partial charge in [-0.3, -0.25) is 14.6 Å². The molecule has 0 saturated carbocycles. The van der Waals surface area contributed by atoms with Gasteiger partial charge in [-0.1, -0.05) is 6.92 Å². The highest BCUT2D eigenvalue weighted by atomic mass is 16.2. The third-order valence-electron chi connectivity index (χ3n) is 3.98. The van der Waals surface area contributed by atoms with Crippen LogP contribution in [0.2, 0.25) is 0 Å². The van der Waals surface area contributed by atoms with Crippen molar-refractivity contribution < 1.29 is 9.59 Å². The summed E-state index contributed by atoms with van der Waals surface area (Å²) in [6.07, 6.45) is 4.08. The van der Waals surface area contributed by atoms with Gasteiger partial charge in [-0.2, -0.15) is 0 Å². The maximum atomic E-state index is 12.4. The number of carbonyl (C=O) groups excluding carboxylic acids is 2. The molecule has 2 heterocycles. The monoisotopic (exact) mass is 290 g/mol. The first-order chi connectivity index (χ1) is 10.1. The molecule has 6 heteroatoms. The van der Waals surface area contributed by atoms with Crippen LogP contribution in [0.1, 0.15) is 31.9 Å². The molecule has 2 rings (SSSR count). The molecule has 6 nitrogen and oxygen atoms in total. The molecule has 21 heavy (non-hydrogen) atoms. The molecule has 0 spiro atoms. The Hall–Kier alpha value is -1.95. The largest absolute Gasteiger partial charge is 0.333 e. The molecule has 0 bridgehead atoms. The van der Waals surface area contributed by atoms with Crippen LogP contribution in [0.15, 0.2) is 24.5 Å². The first-order valence-corrected chi connectivity index (χ1v) is 7.35. The molecule has 0 radical (unpaired) electrons. The van der Waals surface area contributed by atoms with Gasteiger partial charge in [-0.15, -0.1) is 0 Å². The molecule has 2 N–H and O–H groups in total. The Bertz CT molecular complexity index is 506. The number of rotatable bonds is 5. The van der Waals surface area contributed by atoms with Crippen LogP contribution in [0.5, 0.6) is 0 Å². The Kier molecular flexibility index (Phi) is 4.90. The van der Waals surface area contributed by atoms with E-state index in [1.807, 2.05) is 26.0 Å². The predicted octanol–water partition coefficient (Wildman–Crippen LogP) is 0.551. The van der Waals surface area contributed by atoms with Crippen molar-refractivity contribution >= 4 is 11.8 Å². The van der Waals surface area contributed by atoms with Gasteiger partial charge in [-0.25, -0.2) is 0 Å². The van der Waals surface area contributed by atoms with Gasteiger partial charge in [0.15, 0.2) is 0 Å². The number of likely N-dealkylation sites (N-methyl/N-ethyl adjacent to an activating group) is 1. The van der Waals surface area contributed by atoms with Crippen molar-refractivity contribution in [3.63, 3.8) is 0 Å². The summed E-state index contributed by atoms with van der Waals surface area (Å²) < 4.78 is 0. The van der Waals surface area contributed by atoms with Crippen LogP contribution < -0.4 is 5.73 Å². The average Bonchev–Trinajstić information content (AvgIpc) is 2.52. The number of amides is 2. The standard InChI is InChI=1S/C15H22N4O2/c1-3-12(16)13(11-5-7-17-8-6-11)19-10-9-18(4-2)14(20)15(19)21/h5-8,12-13H,3-4,9-10,16H2,1-2H3. The number of aromatic nitrogens is 1. The van der Waals surface area contributed by atoms with Crippen LogP contribution in [-0.4, -0.2) is 52.3 Å². The maximum Gasteiger partial charge on any atom is 0.312 e. The Morgan fingerprint density at radius 2 is 1.86 bits per heavy atom. The second kappa shape index (κ2) is 6.67. The minimum atomic E-state index is -0.464. The van der Waals surface area contributed by atoms with Crippen LogP contribution in [0.25, 0.3) is 0 Å². The van der Waals surface area contributed by atoms with Gasteiger partial charge in [0.1, 0.15) is 0 Å². The first-order valence-electron chi connectivity index (χ1n) is 7.35. The molecule has 114 valence electrons. The van der Waals surface area contributed by atoms with E-state index in [2.05, 4.69) is 4.98 Å². The lowest BCUT2D eigenvalue weighted by Gasteiger charge is -2.40. The maximum absolute atomic E-state index is 12.4. The van der Waals surface area contributed by atoms with E-state index >= 15 is 0 Å². The van der Waals surface area contributed by atoms with Crippen LogP contribution in [0.3, 0.4) is 0 Å². The van der Waals surface area contributed by atoms with E-state index < -0.39 is 11.8 Å².